The van der Waals surface area contributed by atoms with Gasteiger partial charge >= 0.3 is 5.97 Å². The maximum atomic E-state index is 11.4. The largest absolute Gasteiger partial charge is 0.466 e. The standard InChI is InChI=1S/C21H34O2/c1-15(14-19(22)23-6)8-10-17-16(2)9-11-18-20(3,4)12-7-13-21(17,18)5/h14,18H,7-13H2,1-6H3/b15-14-/t18-,21+/m0/s1. The summed E-state index contributed by atoms with van der Waals surface area (Å²) in [4.78, 5) is 11.4. The third kappa shape index (κ3) is 3.72. The van der Waals surface area contributed by atoms with Crippen LogP contribution < -0.4 is 0 Å². The molecule has 0 aliphatic heterocycles. The minimum atomic E-state index is -0.236. The molecule has 0 aromatic carbocycles. The van der Waals surface area contributed by atoms with Crippen LogP contribution >= 0.6 is 0 Å². The van der Waals surface area contributed by atoms with E-state index in [2.05, 4.69) is 27.7 Å². The topological polar surface area (TPSA) is 26.3 Å². The number of esters is 1. The van der Waals surface area contributed by atoms with Crippen LogP contribution in [0.3, 0.4) is 0 Å². The molecule has 0 heterocycles. The lowest BCUT2D eigenvalue weighted by Gasteiger charge is -2.55. The Bertz CT molecular complexity index is 524. The zero-order valence-electron chi connectivity index (χ0n) is 15.9. The van der Waals surface area contributed by atoms with Crippen molar-refractivity contribution in [3.8, 4) is 0 Å². The Labute approximate surface area is 142 Å². The molecule has 1 fully saturated rings. The van der Waals surface area contributed by atoms with Gasteiger partial charge in [0.25, 0.3) is 0 Å². The average Bonchev–Trinajstić information content (AvgIpc) is 2.45. The SMILES string of the molecule is COC(=O)/C=C(/C)CCC1=C(C)CC[C@H]2C(C)(C)CCC[C@]12C. The van der Waals surface area contributed by atoms with E-state index in [1.54, 1.807) is 17.2 Å². The summed E-state index contributed by atoms with van der Waals surface area (Å²) >= 11 is 0. The van der Waals surface area contributed by atoms with E-state index in [0.717, 1.165) is 24.3 Å². The molecule has 0 radical (unpaired) electrons. The average molecular weight is 319 g/mol. The Morgan fingerprint density at radius 2 is 2.00 bits per heavy atom. The summed E-state index contributed by atoms with van der Waals surface area (Å²) < 4.78 is 4.74. The molecule has 0 unspecified atom stereocenters. The summed E-state index contributed by atoms with van der Waals surface area (Å²) in [7, 11) is 1.44. The van der Waals surface area contributed by atoms with E-state index in [1.165, 1.54) is 39.2 Å². The van der Waals surface area contributed by atoms with Gasteiger partial charge in [-0.05, 0) is 69.1 Å². The zero-order valence-corrected chi connectivity index (χ0v) is 15.9. The fourth-order valence-electron chi connectivity index (χ4n) is 5.35. The molecule has 2 rings (SSSR count). The van der Waals surface area contributed by atoms with Crippen molar-refractivity contribution in [3.05, 3.63) is 22.8 Å². The molecule has 2 aliphatic carbocycles. The predicted molar refractivity (Wildman–Crippen MR) is 96.2 cm³/mol. The van der Waals surface area contributed by atoms with Crippen LogP contribution in [0.2, 0.25) is 0 Å². The second kappa shape index (κ2) is 6.83. The summed E-state index contributed by atoms with van der Waals surface area (Å²) in [5, 5.41) is 0. The second-order valence-electron chi connectivity index (χ2n) is 8.62. The van der Waals surface area contributed by atoms with Crippen molar-refractivity contribution in [2.75, 3.05) is 7.11 Å². The number of allylic oxidation sites excluding steroid dienone is 3. The zero-order chi connectivity index (χ0) is 17.3. The highest BCUT2D eigenvalue weighted by Gasteiger charge is 2.49. The summed E-state index contributed by atoms with van der Waals surface area (Å²) in [6.07, 6.45) is 10.3. The molecule has 2 aliphatic rings. The fraction of sp³-hybridized carbons (Fsp3) is 0.762. The molecule has 2 nitrogen and oxygen atoms in total. The number of fused-ring (bicyclic) bond motifs is 1. The first-order valence-corrected chi connectivity index (χ1v) is 9.15. The number of rotatable bonds is 4. The van der Waals surface area contributed by atoms with Gasteiger partial charge in [-0.1, -0.05) is 43.9 Å². The smallest absolute Gasteiger partial charge is 0.330 e. The third-order valence-corrected chi connectivity index (χ3v) is 6.58. The Hall–Kier alpha value is -1.05. The molecule has 0 spiro atoms. The molecule has 2 heteroatoms. The summed E-state index contributed by atoms with van der Waals surface area (Å²) in [6.45, 7) is 11.8. The van der Waals surface area contributed by atoms with Crippen LogP contribution in [0.25, 0.3) is 0 Å². The highest BCUT2D eigenvalue weighted by Crippen LogP contribution is 2.60. The monoisotopic (exact) mass is 318 g/mol. The van der Waals surface area contributed by atoms with Gasteiger partial charge in [0.15, 0.2) is 0 Å². The molecular weight excluding hydrogens is 284 g/mol. The van der Waals surface area contributed by atoms with Crippen molar-refractivity contribution < 1.29 is 9.53 Å². The number of hydrogen-bond donors (Lipinski definition) is 0. The quantitative estimate of drug-likeness (QED) is 0.370. The molecule has 2 atom stereocenters. The molecular formula is C21H34O2. The molecule has 0 aromatic rings. The first-order valence-electron chi connectivity index (χ1n) is 9.15. The van der Waals surface area contributed by atoms with E-state index in [1.807, 2.05) is 6.92 Å². The van der Waals surface area contributed by atoms with Crippen LogP contribution in [-0.4, -0.2) is 13.1 Å². The summed E-state index contributed by atoms with van der Waals surface area (Å²) in [5.74, 6) is 0.562. The van der Waals surface area contributed by atoms with Crippen molar-refractivity contribution in [2.24, 2.45) is 16.7 Å². The number of carbonyl (C=O) groups is 1. The second-order valence-corrected chi connectivity index (χ2v) is 8.62. The fourth-order valence-corrected chi connectivity index (χ4v) is 5.35. The normalized spacial score (nSPS) is 30.9. The molecule has 0 aromatic heterocycles. The van der Waals surface area contributed by atoms with Crippen LogP contribution in [0.4, 0.5) is 0 Å². The molecule has 0 N–H and O–H groups in total. The Balaban J connectivity index is 2.19. The van der Waals surface area contributed by atoms with Crippen molar-refractivity contribution in [1.29, 1.82) is 0 Å². The Morgan fingerprint density at radius 1 is 1.30 bits per heavy atom. The van der Waals surface area contributed by atoms with Gasteiger partial charge in [-0.15, -0.1) is 0 Å². The van der Waals surface area contributed by atoms with Crippen molar-refractivity contribution in [1.82, 2.24) is 0 Å². The van der Waals surface area contributed by atoms with Crippen LogP contribution in [-0.2, 0) is 9.53 Å². The number of ether oxygens (including phenoxy) is 1. The van der Waals surface area contributed by atoms with Gasteiger partial charge in [0.1, 0.15) is 0 Å². The van der Waals surface area contributed by atoms with E-state index >= 15 is 0 Å². The maximum absolute atomic E-state index is 11.4. The van der Waals surface area contributed by atoms with E-state index in [0.29, 0.717) is 10.8 Å². The lowest BCUT2D eigenvalue weighted by molar-refractivity contribution is -0.134. The van der Waals surface area contributed by atoms with Crippen LogP contribution in [0, 0.1) is 16.7 Å². The Kier molecular flexibility index (Phi) is 5.43. The van der Waals surface area contributed by atoms with Crippen molar-refractivity contribution in [2.45, 2.75) is 79.6 Å². The lowest BCUT2D eigenvalue weighted by atomic mass is 9.50. The summed E-state index contributed by atoms with van der Waals surface area (Å²) in [5.41, 5.74) is 5.22. The number of methoxy groups -OCH3 is 1. The lowest BCUT2D eigenvalue weighted by Crippen LogP contribution is -2.45. The minimum Gasteiger partial charge on any atom is -0.466 e. The first-order chi connectivity index (χ1) is 10.7. The van der Waals surface area contributed by atoms with Crippen LogP contribution in [0.1, 0.15) is 79.6 Å². The first kappa shape index (κ1) is 18.3. The van der Waals surface area contributed by atoms with E-state index in [4.69, 9.17) is 4.74 Å². The molecule has 23 heavy (non-hydrogen) atoms. The molecule has 0 bridgehead atoms. The van der Waals surface area contributed by atoms with Gasteiger partial charge in [-0.25, -0.2) is 4.79 Å². The molecule has 130 valence electrons. The molecule has 0 amide bonds. The Morgan fingerprint density at radius 3 is 2.65 bits per heavy atom. The van der Waals surface area contributed by atoms with E-state index in [9.17, 15) is 4.79 Å². The van der Waals surface area contributed by atoms with Gasteiger partial charge in [-0.2, -0.15) is 0 Å². The molecule has 0 saturated heterocycles. The van der Waals surface area contributed by atoms with Gasteiger partial charge in [0, 0.05) is 6.08 Å². The van der Waals surface area contributed by atoms with E-state index < -0.39 is 0 Å². The number of carbonyl (C=O) groups excluding carboxylic acids is 1. The van der Waals surface area contributed by atoms with Gasteiger partial charge < -0.3 is 4.74 Å². The third-order valence-electron chi connectivity index (χ3n) is 6.58. The number of hydrogen-bond acceptors (Lipinski definition) is 2. The highest BCUT2D eigenvalue weighted by molar-refractivity contribution is 5.82. The van der Waals surface area contributed by atoms with Gasteiger partial charge in [0.05, 0.1) is 7.11 Å². The highest BCUT2D eigenvalue weighted by atomic mass is 16.5. The van der Waals surface area contributed by atoms with Crippen molar-refractivity contribution >= 4 is 5.97 Å². The van der Waals surface area contributed by atoms with Crippen LogP contribution in [0.15, 0.2) is 22.8 Å². The van der Waals surface area contributed by atoms with Gasteiger partial charge in [-0.3, -0.25) is 0 Å². The predicted octanol–water partition coefficient (Wildman–Crippen LogP) is 5.83. The van der Waals surface area contributed by atoms with E-state index in [-0.39, 0.29) is 5.97 Å². The van der Waals surface area contributed by atoms with Gasteiger partial charge in [0.2, 0.25) is 0 Å². The van der Waals surface area contributed by atoms with Crippen molar-refractivity contribution in [3.63, 3.8) is 0 Å². The summed E-state index contributed by atoms with van der Waals surface area (Å²) in [6, 6.07) is 0. The van der Waals surface area contributed by atoms with Crippen LogP contribution in [0.5, 0.6) is 0 Å². The minimum absolute atomic E-state index is 0.236. The molecule has 1 saturated carbocycles. The maximum Gasteiger partial charge on any atom is 0.330 e.